The second kappa shape index (κ2) is 9.03. The zero-order chi connectivity index (χ0) is 20.1. The van der Waals surface area contributed by atoms with Gasteiger partial charge in [0.1, 0.15) is 5.03 Å². The van der Waals surface area contributed by atoms with Gasteiger partial charge in [-0.15, -0.1) is 0 Å². The lowest BCUT2D eigenvalue weighted by atomic mass is 10.2. The van der Waals surface area contributed by atoms with Crippen LogP contribution in [0.25, 0.3) is 0 Å². The first-order chi connectivity index (χ1) is 13.5. The van der Waals surface area contributed by atoms with Gasteiger partial charge in [-0.2, -0.15) is 0 Å². The molecule has 0 aliphatic rings. The van der Waals surface area contributed by atoms with Crippen molar-refractivity contribution in [2.45, 2.75) is 23.8 Å². The van der Waals surface area contributed by atoms with E-state index in [1.807, 2.05) is 32.0 Å². The van der Waals surface area contributed by atoms with Crippen LogP contribution in [-0.2, 0) is 0 Å². The summed E-state index contributed by atoms with van der Waals surface area (Å²) in [6.45, 7) is 4.04. The van der Waals surface area contributed by atoms with Gasteiger partial charge in [-0.1, -0.05) is 36.0 Å². The monoisotopic (exact) mass is 455 g/mol. The Bertz CT molecular complexity index is 1040. The number of rotatable bonds is 4. The van der Waals surface area contributed by atoms with Crippen molar-refractivity contribution in [3.8, 4) is 0 Å². The Morgan fingerprint density at radius 2 is 1.61 bits per heavy atom. The van der Waals surface area contributed by atoms with Crippen LogP contribution in [0.1, 0.15) is 31.8 Å². The smallest absolute Gasteiger partial charge is 0.267 e. The molecule has 0 radical (unpaired) electrons. The molecule has 5 nitrogen and oxygen atoms in total. The molecule has 0 unspecified atom stereocenters. The third kappa shape index (κ3) is 4.79. The maximum absolute atomic E-state index is 12.6. The SMILES string of the molecule is Cc1ccc(C)c(Sc2ncccc2C(=O)NNC(=O)c2ccccc2Br)c1. The van der Waals surface area contributed by atoms with Crippen LogP contribution in [-0.4, -0.2) is 16.8 Å². The van der Waals surface area contributed by atoms with E-state index in [0.717, 1.165) is 16.0 Å². The lowest BCUT2D eigenvalue weighted by Gasteiger charge is -2.12. The van der Waals surface area contributed by atoms with Gasteiger partial charge in [0.2, 0.25) is 0 Å². The van der Waals surface area contributed by atoms with Crippen molar-refractivity contribution in [3.63, 3.8) is 0 Å². The first-order valence-electron chi connectivity index (χ1n) is 8.51. The van der Waals surface area contributed by atoms with Crippen LogP contribution in [0, 0.1) is 13.8 Å². The molecule has 2 N–H and O–H groups in total. The highest BCUT2D eigenvalue weighted by atomic mass is 79.9. The summed E-state index contributed by atoms with van der Waals surface area (Å²) in [5, 5.41) is 0.573. The molecule has 1 aromatic heterocycles. The van der Waals surface area contributed by atoms with Gasteiger partial charge in [0.15, 0.2) is 0 Å². The standard InChI is InChI=1S/C21H18BrN3O2S/c1-13-9-10-14(2)18(12-13)28-21-16(7-5-11-23-21)20(27)25-24-19(26)15-6-3-4-8-17(15)22/h3-12H,1-2H3,(H,24,26)(H,25,27). The number of hydrazine groups is 1. The summed E-state index contributed by atoms with van der Waals surface area (Å²) in [5.74, 6) is -0.838. The van der Waals surface area contributed by atoms with E-state index < -0.39 is 11.8 Å². The molecule has 2 amide bonds. The highest BCUT2D eigenvalue weighted by Gasteiger charge is 2.16. The first kappa shape index (κ1) is 20.1. The molecule has 28 heavy (non-hydrogen) atoms. The predicted octanol–water partition coefficient (Wildman–Crippen LogP) is 4.69. The minimum atomic E-state index is -0.429. The minimum Gasteiger partial charge on any atom is -0.267 e. The molecule has 0 saturated heterocycles. The lowest BCUT2D eigenvalue weighted by Crippen LogP contribution is -2.42. The molecule has 142 valence electrons. The van der Waals surface area contributed by atoms with E-state index in [1.54, 1.807) is 36.5 Å². The number of hydrogen-bond donors (Lipinski definition) is 2. The number of carbonyl (C=O) groups is 2. The summed E-state index contributed by atoms with van der Waals surface area (Å²) >= 11 is 4.75. The molecular weight excluding hydrogens is 438 g/mol. The number of aromatic nitrogens is 1. The molecule has 7 heteroatoms. The predicted molar refractivity (Wildman–Crippen MR) is 113 cm³/mol. The fourth-order valence-electron chi connectivity index (χ4n) is 2.46. The molecule has 0 spiro atoms. The molecule has 0 aliphatic carbocycles. The van der Waals surface area contributed by atoms with Crippen LogP contribution in [0.5, 0.6) is 0 Å². The van der Waals surface area contributed by atoms with Crippen LogP contribution in [0.15, 0.2) is 75.2 Å². The van der Waals surface area contributed by atoms with Crippen LogP contribution in [0.4, 0.5) is 0 Å². The van der Waals surface area contributed by atoms with E-state index in [-0.39, 0.29) is 0 Å². The average Bonchev–Trinajstić information content (AvgIpc) is 2.69. The van der Waals surface area contributed by atoms with Gasteiger partial charge in [-0.05, 0) is 71.2 Å². The number of benzene rings is 2. The summed E-state index contributed by atoms with van der Waals surface area (Å²) in [4.78, 5) is 30.3. The van der Waals surface area contributed by atoms with E-state index in [1.165, 1.54) is 11.8 Å². The maximum atomic E-state index is 12.6. The van der Waals surface area contributed by atoms with Crippen molar-refractivity contribution in [3.05, 3.63) is 87.5 Å². The van der Waals surface area contributed by atoms with Crippen LogP contribution >= 0.6 is 27.7 Å². The summed E-state index contributed by atoms with van der Waals surface area (Å²) in [7, 11) is 0. The van der Waals surface area contributed by atoms with Crippen molar-refractivity contribution < 1.29 is 9.59 Å². The third-order valence-corrected chi connectivity index (χ3v) is 5.84. The first-order valence-corrected chi connectivity index (χ1v) is 10.1. The zero-order valence-corrected chi connectivity index (χ0v) is 17.7. The third-order valence-electron chi connectivity index (χ3n) is 3.97. The molecule has 0 bridgehead atoms. The Hall–Kier alpha value is -2.64. The van der Waals surface area contributed by atoms with Crippen molar-refractivity contribution in [1.82, 2.24) is 15.8 Å². The number of nitrogens with zero attached hydrogens (tertiary/aromatic N) is 1. The van der Waals surface area contributed by atoms with E-state index in [4.69, 9.17) is 0 Å². The molecule has 0 atom stereocenters. The maximum Gasteiger partial charge on any atom is 0.272 e. The fraction of sp³-hybridized carbons (Fsp3) is 0.0952. The number of aryl methyl sites for hydroxylation is 2. The Balaban J connectivity index is 1.75. The lowest BCUT2D eigenvalue weighted by molar-refractivity contribution is 0.0844. The second-order valence-electron chi connectivity index (χ2n) is 6.12. The minimum absolute atomic E-state index is 0.390. The van der Waals surface area contributed by atoms with Gasteiger partial charge in [0, 0.05) is 15.6 Å². The van der Waals surface area contributed by atoms with E-state index in [0.29, 0.717) is 20.6 Å². The van der Waals surface area contributed by atoms with Gasteiger partial charge in [-0.3, -0.25) is 20.4 Å². The Labute approximate surface area is 176 Å². The van der Waals surface area contributed by atoms with Crippen molar-refractivity contribution in [1.29, 1.82) is 0 Å². The molecular formula is C21H18BrN3O2S. The highest BCUT2D eigenvalue weighted by molar-refractivity contribution is 9.10. The summed E-state index contributed by atoms with van der Waals surface area (Å²) < 4.78 is 0.647. The van der Waals surface area contributed by atoms with Crippen molar-refractivity contribution >= 4 is 39.5 Å². The Kier molecular flexibility index (Phi) is 6.49. The normalized spacial score (nSPS) is 10.4. The number of halogens is 1. The number of amides is 2. The van der Waals surface area contributed by atoms with E-state index in [9.17, 15) is 9.59 Å². The number of pyridine rings is 1. The van der Waals surface area contributed by atoms with Crippen molar-refractivity contribution in [2.24, 2.45) is 0 Å². The van der Waals surface area contributed by atoms with Crippen LogP contribution in [0.3, 0.4) is 0 Å². The van der Waals surface area contributed by atoms with Crippen molar-refractivity contribution in [2.75, 3.05) is 0 Å². The molecule has 1 heterocycles. The number of nitrogens with one attached hydrogen (secondary N) is 2. The molecule has 3 rings (SSSR count). The Morgan fingerprint density at radius 3 is 2.36 bits per heavy atom. The molecule has 0 aliphatic heterocycles. The zero-order valence-electron chi connectivity index (χ0n) is 15.3. The molecule has 0 fully saturated rings. The van der Waals surface area contributed by atoms with E-state index in [2.05, 4.69) is 37.8 Å². The summed E-state index contributed by atoms with van der Waals surface area (Å²) in [5.41, 5.74) is 7.97. The molecule has 3 aromatic rings. The Morgan fingerprint density at radius 1 is 0.929 bits per heavy atom. The van der Waals surface area contributed by atoms with Crippen LogP contribution in [0.2, 0.25) is 0 Å². The number of hydrogen-bond acceptors (Lipinski definition) is 4. The topological polar surface area (TPSA) is 71.1 Å². The van der Waals surface area contributed by atoms with Gasteiger partial charge in [0.25, 0.3) is 11.8 Å². The molecule has 0 saturated carbocycles. The molecule has 2 aromatic carbocycles. The highest BCUT2D eigenvalue weighted by Crippen LogP contribution is 2.31. The second-order valence-corrected chi connectivity index (χ2v) is 8.00. The van der Waals surface area contributed by atoms with Crippen LogP contribution < -0.4 is 10.9 Å². The van der Waals surface area contributed by atoms with Gasteiger partial charge >= 0.3 is 0 Å². The van der Waals surface area contributed by atoms with E-state index >= 15 is 0 Å². The fourth-order valence-corrected chi connectivity index (χ4v) is 3.99. The quantitative estimate of drug-likeness (QED) is 0.559. The summed E-state index contributed by atoms with van der Waals surface area (Å²) in [6, 6.07) is 16.5. The largest absolute Gasteiger partial charge is 0.272 e. The number of carbonyl (C=O) groups excluding carboxylic acids is 2. The van der Waals surface area contributed by atoms with Gasteiger partial charge in [-0.25, -0.2) is 4.98 Å². The summed E-state index contributed by atoms with van der Waals surface area (Å²) in [6.07, 6.45) is 1.64. The van der Waals surface area contributed by atoms with Gasteiger partial charge in [0.05, 0.1) is 11.1 Å². The van der Waals surface area contributed by atoms with Gasteiger partial charge < -0.3 is 0 Å². The average molecular weight is 456 g/mol.